The molecule has 1 aromatic rings. The first-order valence-electron chi connectivity index (χ1n) is 6.24. The van der Waals surface area contributed by atoms with E-state index in [1.807, 2.05) is 43.4 Å². The van der Waals surface area contributed by atoms with E-state index in [0.29, 0.717) is 9.99 Å². The van der Waals surface area contributed by atoms with E-state index in [4.69, 9.17) is 0 Å². The zero-order valence-corrected chi connectivity index (χ0v) is 16.0. The summed E-state index contributed by atoms with van der Waals surface area (Å²) in [6.07, 6.45) is 0.00583. The number of hydrogen-bond donors (Lipinski definition) is 3. The maximum absolute atomic E-state index is 12.1. The second-order valence-electron chi connectivity index (χ2n) is 5.91. The number of amides is 1. The Morgan fingerprint density at radius 1 is 1.35 bits per heavy atom. The van der Waals surface area contributed by atoms with E-state index in [-0.39, 0.29) is 29.2 Å². The van der Waals surface area contributed by atoms with Gasteiger partial charge in [0.1, 0.15) is 5.75 Å². The number of benzene rings is 1. The number of phenolic OH excluding ortho intramolecular Hbond substituents is 1. The van der Waals surface area contributed by atoms with E-state index in [1.165, 1.54) is 0 Å². The normalized spacial score (nSPS) is 13.1. The van der Waals surface area contributed by atoms with Gasteiger partial charge in [0.15, 0.2) is 0 Å². The van der Waals surface area contributed by atoms with Gasteiger partial charge >= 0.3 is 0 Å². The minimum atomic E-state index is -0.594. The molecule has 3 N–H and O–H groups in total. The standard InChI is InChI=1S/C14H19I2NO3/c1-14(2,3)6-9(18)7-17-13(20)10-4-8(15)5-11(16)12(10)19/h4-5,9,18-19H,6-7H2,1-3H3,(H,17,20). The number of phenols is 1. The lowest BCUT2D eigenvalue weighted by Crippen LogP contribution is -2.34. The molecule has 1 rings (SSSR count). The minimum Gasteiger partial charge on any atom is -0.506 e. The van der Waals surface area contributed by atoms with Crippen LogP contribution in [0.25, 0.3) is 0 Å². The van der Waals surface area contributed by atoms with E-state index in [1.54, 1.807) is 12.1 Å². The lowest BCUT2D eigenvalue weighted by molar-refractivity contribution is 0.0866. The Bertz CT molecular complexity index is 498. The monoisotopic (exact) mass is 503 g/mol. The zero-order valence-electron chi connectivity index (χ0n) is 11.7. The number of carbonyl (C=O) groups is 1. The van der Waals surface area contributed by atoms with E-state index in [0.717, 1.165) is 3.57 Å². The van der Waals surface area contributed by atoms with Crippen LogP contribution in [-0.4, -0.2) is 28.8 Å². The molecule has 0 heterocycles. The molecule has 4 nitrogen and oxygen atoms in total. The van der Waals surface area contributed by atoms with Crippen LogP contribution in [-0.2, 0) is 0 Å². The Labute approximate surface area is 146 Å². The van der Waals surface area contributed by atoms with Gasteiger partial charge in [-0.05, 0) is 69.2 Å². The fraction of sp³-hybridized carbons (Fsp3) is 0.500. The molecule has 112 valence electrons. The summed E-state index contributed by atoms with van der Waals surface area (Å²) in [6.45, 7) is 6.28. The Kier molecular flexibility index (Phi) is 6.52. The summed E-state index contributed by atoms with van der Waals surface area (Å²) in [5, 5.41) is 22.4. The summed E-state index contributed by atoms with van der Waals surface area (Å²) in [5.41, 5.74) is 0.244. The third-order valence-electron chi connectivity index (χ3n) is 2.62. The molecule has 0 aromatic heterocycles. The van der Waals surface area contributed by atoms with Crippen LogP contribution in [0.15, 0.2) is 12.1 Å². The molecule has 0 radical (unpaired) electrons. The van der Waals surface area contributed by atoms with E-state index >= 15 is 0 Å². The van der Waals surface area contributed by atoms with Crippen LogP contribution < -0.4 is 5.32 Å². The lowest BCUT2D eigenvalue weighted by Gasteiger charge is -2.22. The molecular weight excluding hydrogens is 484 g/mol. The van der Waals surface area contributed by atoms with Gasteiger partial charge in [0.2, 0.25) is 0 Å². The van der Waals surface area contributed by atoms with E-state index < -0.39 is 6.10 Å². The minimum absolute atomic E-state index is 0.00376. The molecule has 1 amide bonds. The molecule has 6 heteroatoms. The third kappa shape index (κ3) is 5.72. The number of halogens is 2. The molecule has 1 atom stereocenters. The molecule has 0 aliphatic carbocycles. The van der Waals surface area contributed by atoms with E-state index in [2.05, 4.69) is 27.9 Å². The highest BCUT2D eigenvalue weighted by Gasteiger charge is 2.19. The molecular formula is C14H19I2NO3. The first kappa shape index (κ1) is 18.0. The molecule has 0 aliphatic heterocycles. The lowest BCUT2D eigenvalue weighted by atomic mass is 9.89. The molecule has 0 saturated heterocycles. The Morgan fingerprint density at radius 2 is 1.95 bits per heavy atom. The second-order valence-corrected chi connectivity index (χ2v) is 8.32. The molecule has 20 heavy (non-hydrogen) atoms. The van der Waals surface area contributed by atoms with Gasteiger partial charge in [-0.25, -0.2) is 0 Å². The first-order valence-corrected chi connectivity index (χ1v) is 8.40. The predicted octanol–water partition coefficient (Wildman–Crippen LogP) is 3.13. The fourth-order valence-electron chi connectivity index (χ4n) is 1.82. The van der Waals surface area contributed by atoms with Crippen molar-refractivity contribution in [2.45, 2.75) is 33.3 Å². The smallest absolute Gasteiger partial charge is 0.255 e. The van der Waals surface area contributed by atoms with Gasteiger partial charge in [-0.1, -0.05) is 20.8 Å². The summed E-state index contributed by atoms with van der Waals surface area (Å²) >= 11 is 4.08. The number of aromatic hydroxyl groups is 1. The molecule has 0 saturated carbocycles. The van der Waals surface area contributed by atoms with Crippen molar-refractivity contribution in [3.8, 4) is 5.75 Å². The van der Waals surface area contributed by atoms with Crippen LogP contribution >= 0.6 is 45.2 Å². The predicted molar refractivity (Wildman–Crippen MR) is 96.0 cm³/mol. The zero-order chi connectivity index (χ0) is 15.5. The fourth-order valence-corrected chi connectivity index (χ4v) is 3.67. The maximum Gasteiger partial charge on any atom is 0.255 e. The molecule has 0 fully saturated rings. The van der Waals surface area contributed by atoms with E-state index in [9.17, 15) is 15.0 Å². The molecule has 1 unspecified atom stereocenters. The van der Waals surface area contributed by atoms with Crippen molar-refractivity contribution in [3.63, 3.8) is 0 Å². The highest BCUT2D eigenvalue weighted by Crippen LogP contribution is 2.27. The number of hydrogen-bond acceptors (Lipinski definition) is 3. The number of aliphatic hydroxyl groups is 1. The Hall–Kier alpha value is -0.0900. The van der Waals surface area contributed by atoms with Crippen LogP contribution in [0.2, 0.25) is 0 Å². The van der Waals surface area contributed by atoms with Crippen LogP contribution in [0.3, 0.4) is 0 Å². The van der Waals surface area contributed by atoms with Crippen LogP contribution in [0.5, 0.6) is 5.75 Å². The molecule has 0 spiro atoms. The van der Waals surface area contributed by atoms with Gasteiger partial charge in [-0.15, -0.1) is 0 Å². The van der Waals surface area contributed by atoms with Gasteiger partial charge in [0, 0.05) is 10.1 Å². The number of carbonyl (C=O) groups excluding carboxylic acids is 1. The number of nitrogens with one attached hydrogen (secondary N) is 1. The third-order valence-corrected chi connectivity index (χ3v) is 4.06. The quantitative estimate of drug-likeness (QED) is 0.554. The Morgan fingerprint density at radius 3 is 2.50 bits per heavy atom. The summed E-state index contributed by atoms with van der Waals surface area (Å²) in [5.74, 6) is -0.388. The summed E-state index contributed by atoms with van der Waals surface area (Å²) in [4.78, 5) is 12.1. The Balaban J connectivity index is 2.69. The molecule has 1 aromatic carbocycles. The molecule has 0 bridgehead atoms. The van der Waals surface area contributed by atoms with Crippen molar-refractivity contribution in [3.05, 3.63) is 24.8 Å². The van der Waals surface area contributed by atoms with Gasteiger partial charge in [-0.3, -0.25) is 4.79 Å². The van der Waals surface area contributed by atoms with Crippen molar-refractivity contribution >= 4 is 51.1 Å². The van der Waals surface area contributed by atoms with Gasteiger partial charge in [-0.2, -0.15) is 0 Å². The van der Waals surface area contributed by atoms with Crippen LogP contribution in [0, 0.1) is 12.6 Å². The average Bonchev–Trinajstić information content (AvgIpc) is 2.28. The number of aliphatic hydroxyl groups excluding tert-OH is 1. The largest absolute Gasteiger partial charge is 0.506 e. The first-order chi connectivity index (χ1) is 9.10. The average molecular weight is 503 g/mol. The van der Waals surface area contributed by atoms with Crippen molar-refractivity contribution in [1.82, 2.24) is 5.32 Å². The summed E-state index contributed by atoms with van der Waals surface area (Å²) < 4.78 is 1.51. The topological polar surface area (TPSA) is 69.6 Å². The van der Waals surface area contributed by atoms with Crippen molar-refractivity contribution < 1.29 is 15.0 Å². The second kappa shape index (κ2) is 7.26. The van der Waals surface area contributed by atoms with Gasteiger partial charge in [0.25, 0.3) is 5.91 Å². The van der Waals surface area contributed by atoms with Crippen LogP contribution in [0.4, 0.5) is 0 Å². The van der Waals surface area contributed by atoms with Crippen molar-refractivity contribution in [2.24, 2.45) is 5.41 Å². The van der Waals surface area contributed by atoms with Crippen molar-refractivity contribution in [2.75, 3.05) is 6.54 Å². The highest BCUT2D eigenvalue weighted by molar-refractivity contribution is 14.1. The SMILES string of the molecule is CC(C)(C)CC(O)CNC(=O)c1cc(I)cc(I)c1O. The summed E-state index contributed by atoms with van der Waals surface area (Å²) in [7, 11) is 0. The van der Waals surface area contributed by atoms with Gasteiger partial charge in [0.05, 0.1) is 15.2 Å². The van der Waals surface area contributed by atoms with Crippen LogP contribution in [0.1, 0.15) is 37.6 Å². The van der Waals surface area contributed by atoms with Crippen molar-refractivity contribution in [1.29, 1.82) is 0 Å². The highest BCUT2D eigenvalue weighted by atomic mass is 127. The maximum atomic E-state index is 12.1. The number of rotatable bonds is 4. The molecule has 0 aliphatic rings. The summed E-state index contributed by atoms with van der Waals surface area (Å²) in [6, 6.07) is 3.42. The van der Waals surface area contributed by atoms with Gasteiger partial charge < -0.3 is 15.5 Å².